The van der Waals surface area contributed by atoms with Crippen molar-refractivity contribution in [3.63, 3.8) is 0 Å². The van der Waals surface area contributed by atoms with Crippen molar-refractivity contribution < 1.29 is 0 Å². The number of rotatable bonds is 3. The summed E-state index contributed by atoms with van der Waals surface area (Å²) in [7, 11) is 0. The highest BCUT2D eigenvalue weighted by Crippen LogP contribution is 2.30. The van der Waals surface area contributed by atoms with Gasteiger partial charge >= 0.3 is 0 Å². The molecular formula is C10H16BrN3S. The first kappa shape index (κ1) is 11.3. The molecule has 2 atom stereocenters. The van der Waals surface area contributed by atoms with Crippen molar-refractivity contribution in [1.29, 1.82) is 0 Å². The largest absolute Gasteiger partial charge is 0.343 e. The summed E-state index contributed by atoms with van der Waals surface area (Å²) in [4.78, 5) is 7.54. The molecule has 1 aliphatic rings. The second-order valence-electron chi connectivity index (χ2n) is 4.08. The highest BCUT2D eigenvalue weighted by Gasteiger charge is 2.29. The van der Waals surface area contributed by atoms with E-state index >= 15 is 0 Å². The molecule has 0 radical (unpaired) electrons. The molecule has 1 aliphatic heterocycles. The van der Waals surface area contributed by atoms with Crippen LogP contribution in [0.3, 0.4) is 0 Å². The first-order valence-electron chi connectivity index (χ1n) is 5.44. The molecule has 1 aromatic rings. The number of hydrogen-bond acceptors (Lipinski definition) is 4. The van der Waals surface area contributed by atoms with Crippen molar-refractivity contribution in [3.8, 4) is 0 Å². The van der Waals surface area contributed by atoms with Crippen LogP contribution in [-0.4, -0.2) is 26.8 Å². The third-order valence-electron chi connectivity index (χ3n) is 2.70. The zero-order valence-corrected chi connectivity index (χ0v) is 11.5. The normalized spacial score (nSPS) is 26.2. The van der Waals surface area contributed by atoms with Crippen LogP contribution in [0.4, 0.5) is 5.13 Å². The Hall–Kier alpha value is -0.160. The fourth-order valence-electron chi connectivity index (χ4n) is 1.92. The molecule has 0 amide bonds. The van der Waals surface area contributed by atoms with Crippen LogP contribution in [0.15, 0.2) is 0 Å². The van der Waals surface area contributed by atoms with Gasteiger partial charge in [0, 0.05) is 35.4 Å². The maximum absolute atomic E-state index is 4.58. The minimum Gasteiger partial charge on any atom is -0.343 e. The number of nitrogens with zero attached hydrogens (tertiary/aromatic N) is 3. The molecule has 15 heavy (non-hydrogen) atoms. The average Bonchev–Trinajstić information content (AvgIpc) is 2.73. The van der Waals surface area contributed by atoms with Gasteiger partial charge in [0.25, 0.3) is 0 Å². The van der Waals surface area contributed by atoms with Crippen LogP contribution in [0.2, 0.25) is 0 Å². The van der Waals surface area contributed by atoms with E-state index in [0.717, 1.165) is 30.3 Å². The topological polar surface area (TPSA) is 29.0 Å². The third kappa shape index (κ3) is 2.50. The van der Waals surface area contributed by atoms with Crippen molar-refractivity contribution in [2.75, 3.05) is 11.4 Å². The SMILES string of the molecule is CCCc1nsc(N2CC(Br)CC2C)n1. The van der Waals surface area contributed by atoms with Crippen LogP contribution >= 0.6 is 27.5 Å². The Morgan fingerprint density at radius 1 is 1.60 bits per heavy atom. The van der Waals surface area contributed by atoms with Crippen LogP contribution in [0, 0.1) is 0 Å². The Morgan fingerprint density at radius 2 is 2.40 bits per heavy atom. The van der Waals surface area contributed by atoms with Gasteiger partial charge in [-0.25, -0.2) is 4.98 Å². The highest BCUT2D eigenvalue weighted by molar-refractivity contribution is 9.09. The Bertz CT molecular complexity index is 328. The summed E-state index contributed by atoms with van der Waals surface area (Å²) in [6.07, 6.45) is 3.31. The summed E-state index contributed by atoms with van der Waals surface area (Å²) in [5, 5.41) is 1.09. The lowest BCUT2D eigenvalue weighted by Crippen LogP contribution is -2.26. The average molecular weight is 290 g/mol. The molecule has 0 saturated carbocycles. The summed E-state index contributed by atoms with van der Waals surface area (Å²) in [5.74, 6) is 1.00. The van der Waals surface area contributed by atoms with Gasteiger partial charge in [-0.05, 0) is 19.8 Å². The van der Waals surface area contributed by atoms with E-state index in [4.69, 9.17) is 0 Å². The predicted molar refractivity (Wildman–Crippen MR) is 68.0 cm³/mol. The lowest BCUT2D eigenvalue weighted by atomic mass is 10.2. The molecule has 5 heteroatoms. The molecular weight excluding hydrogens is 274 g/mol. The van der Waals surface area contributed by atoms with Crippen LogP contribution in [0.1, 0.15) is 32.5 Å². The molecule has 0 aromatic carbocycles. The fraction of sp³-hybridized carbons (Fsp3) is 0.800. The summed E-state index contributed by atoms with van der Waals surface area (Å²) in [6, 6.07) is 0.580. The number of aromatic nitrogens is 2. The van der Waals surface area contributed by atoms with E-state index in [1.807, 2.05) is 0 Å². The number of aryl methyl sites for hydroxylation is 1. The molecule has 1 aromatic heterocycles. The summed E-state index contributed by atoms with van der Waals surface area (Å²) in [6.45, 7) is 5.47. The Kier molecular flexibility index (Phi) is 3.61. The molecule has 2 heterocycles. The molecule has 3 nitrogen and oxygen atoms in total. The molecule has 0 N–H and O–H groups in total. The number of hydrogen-bond donors (Lipinski definition) is 0. The molecule has 1 fully saturated rings. The first-order valence-corrected chi connectivity index (χ1v) is 7.13. The van der Waals surface area contributed by atoms with Crippen molar-refractivity contribution >= 4 is 32.6 Å². The van der Waals surface area contributed by atoms with Crippen molar-refractivity contribution in [2.24, 2.45) is 0 Å². The fourth-order valence-corrected chi connectivity index (χ4v) is 3.60. The standard InChI is InChI=1S/C10H16BrN3S/c1-3-4-9-12-10(15-13-9)14-6-8(11)5-7(14)2/h7-8H,3-6H2,1-2H3. The van der Waals surface area contributed by atoms with Gasteiger partial charge in [-0.3, -0.25) is 0 Å². The number of anilines is 1. The lowest BCUT2D eigenvalue weighted by molar-refractivity contribution is 0.733. The third-order valence-corrected chi connectivity index (χ3v) is 4.15. The van der Waals surface area contributed by atoms with E-state index in [-0.39, 0.29) is 0 Å². The van der Waals surface area contributed by atoms with Gasteiger partial charge in [0.2, 0.25) is 5.13 Å². The van der Waals surface area contributed by atoms with Gasteiger partial charge in [0.15, 0.2) is 0 Å². The van der Waals surface area contributed by atoms with Crippen LogP contribution < -0.4 is 4.90 Å². The molecule has 0 spiro atoms. The first-order chi connectivity index (χ1) is 7.20. The van der Waals surface area contributed by atoms with Gasteiger partial charge in [-0.15, -0.1) is 0 Å². The lowest BCUT2D eigenvalue weighted by Gasteiger charge is -2.18. The second-order valence-corrected chi connectivity index (χ2v) is 6.10. The van der Waals surface area contributed by atoms with Crippen LogP contribution in [0.5, 0.6) is 0 Å². The Labute approximate surface area is 103 Å². The molecule has 2 unspecified atom stereocenters. The van der Waals surface area contributed by atoms with Crippen molar-refractivity contribution in [1.82, 2.24) is 9.36 Å². The second kappa shape index (κ2) is 4.78. The van der Waals surface area contributed by atoms with E-state index in [1.54, 1.807) is 0 Å². The van der Waals surface area contributed by atoms with Gasteiger partial charge in [0.05, 0.1) is 0 Å². The van der Waals surface area contributed by atoms with Crippen molar-refractivity contribution in [3.05, 3.63) is 5.82 Å². The van der Waals surface area contributed by atoms with E-state index < -0.39 is 0 Å². The number of halogens is 1. The van der Waals surface area contributed by atoms with Gasteiger partial charge < -0.3 is 4.90 Å². The Balaban J connectivity index is 2.08. The van der Waals surface area contributed by atoms with E-state index in [9.17, 15) is 0 Å². The van der Waals surface area contributed by atoms with E-state index in [0.29, 0.717) is 10.9 Å². The molecule has 1 saturated heterocycles. The molecule has 0 bridgehead atoms. The van der Waals surface area contributed by atoms with Crippen LogP contribution in [0.25, 0.3) is 0 Å². The zero-order chi connectivity index (χ0) is 10.8. The maximum atomic E-state index is 4.58. The van der Waals surface area contributed by atoms with E-state index in [1.165, 1.54) is 18.0 Å². The minimum absolute atomic E-state index is 0.580. The Morgan fingerprint density at radius 3 is 3.00 bits per heavy atom. The maximum Gasteiger partial charge on any atom is 0.205 e. The van der Waals surface area contributed by atoms with Gasteiger partial charge in [-0.1, -0.05) is 22.9 Å². The minimum atomic E-state index is 0.580. The smallest absolute Gasteiger partial charge is 0.205 e. The zero-order valence-electron chi connectivity index (χ0n) is 9.11. The molecule has 0 aliphatic carbocycles. The molecule has 2 rings (SSSR count). The summed E-state index contributed by atoms with van der Waals surface area (Å²) >= 11 is 5.21. The van der Waals surface area contributed by atoms with Crippen molar-refractivity contribution in [2.45, 2.75) is 44.0 Å². The van der Waals surface area contributed by atoms with Gasteiger partial charge in [-0.2, -0.15) is 4.37 Å². The highest BCUT2D eigenvalue weighted by atomic mass is 79.9. The summed E-state index contributed by atoms with van der Waals surface area (Å²) in [5.41, 5.74) is 0. The quantitative estimate of drug-likeness (QED) is 0.802. The van der Waals surface area contributed by atoms with Crippen LogP contribution in [-0.2, 0) is 6.42 Å². The van der Waals surface area contributed by atoms with Gasteiger partial charge in [0.1, 0.15) is 5.82 Å². The van der Waals surface area contributed by atoms with E-state index in [2.05, 4.69) is 44.0 Å². The summed E-state index contributed by atoms with van der Waals surface area (Å²) < 4.78 is 4.38. The number of alkyl halides is 1. The monoisotopic (exact) mass is 289 g/mol. The predicted octanol–water partition coefficient (Wildman–Crippen LogP) is 2.85. The molecule has 84 valence electrons.